The molecule has 1 amide bonds. The highest BCUT2D eigenvalue weighted by atomic mass is 16.6. The van der Waals surface area contributed by atoms with Gasteiger partial charge in [0.05, 0.1) is 4.92 Å². The monoisotopic (exact) mass is 232 g/mol. The predicted octanol–water partition coefficient (Wildman–Crippen LogP) is 1.89. The maximum absolute atomic E-state index is 11.5. The number of piperidine rings is 1. The van der Waals surface area contributed by atoms with Crippen molar-refractivity contribution in [1.29, 1.82) is 0 Å². The molecule has 1 heterocycles. The van der Waals surface area contributed by atoms with E-state index in [0.717, 1.165) is 30.5 Å². The molecular weight excluding hydrogens is 220 g/mol. The lowest BCUT2D eigenvalue weighted by atomic mass is 10.0. The van der Waals surface area contributed by atoms with Gasteiger partial charge in [-0.1, -0.05) is 0 Å². The van der Waals surface area contributed by atoms with Gasteiger partial charge in [-0.25, -0.2) is 0 Å². The molecule has 1 aliphatic heterocycles. The van der Waals surface area contributed by atoms with Crippen molar-refractivity contribution in [1.82, 2.24) is 5.32 Å². The van der Waals surface area contributed by atoms with Crippen molar-refractivity contribution in [3.05, 3.63) is 45.5 Å². The highest BCUT2D eigenvalue weighted by molar-refractivity contribution is 5.98. The number of amides is 1. The predicted molar refractivity (Wildman–Crippen MR) is 63.3 cm³/mol. The lowest BCUT2D eigenvalue weighted by Gasteiger charge is -2.14. The minimum absolute atomic E-state index is 0.0467. The minimum Gasteiger partial charge on any atom is -0.352 e. The van der Waals surface area contributed by atoms with E-state index in [1.807, 2.05) is 0 Å². The summed E-state index contributed by atoms with van der Waals surface area (Å²) in [6.45, 7) is 0.719. The van der Waals surface area contributed by atoms with Crippen molar-refractivity contribution in [3.8, 4) is 0 Å². The van der Waals surface area contributed by atoms with Crippen molar-refractivity contribution in [3.63, 3.8) is 0 Å². The first-order chi connectivity index (χ1) is 8.16. The van der Waals surface area contributed by atoms with Crippen molar-refractivity contribution in [2.45, 2.75) is 12.8 Å². The molecule has 0 saturated carbocycles. The fourth-order valence-electron chi connectivity index (χ4n) is 1.74. The Kier molecular flexibility index (Phi) is 3.18. The first-order valence-corrected chi connectivity index (χ1v) is 5.40. The third-order valence-corrected chi connectivity index (χ3v) is 2.64. The van der Waals surface area contributed by atoms with Crippen LogP contribution in [0, 0.1) is 10.1 Å². The van der Waals surface area contributed by atoms with Crippen LogP contribution in [0.25, 0.3) is 6.08 Å². The molecule has 88 valence electrons. The normalized spacial score (nSPS) is 17.9. The topological polar surface area (TPSA) is 72.2 Å². The lowest BCUT2D eigenvalue weighted by Crippen LogP contribution is -2.30. The van der Waals surface area contributed by atoms with Gasteiger partial charge in [-0.2, -0.15) is 0 Å². The van der Waals surface area contributed by atoms with Gasteiger partial charge in [-0.3, -0.25) is 14.9 Å². The lowest BCUT2D eigenvalue weighted by molar-refractivity contribution is -0.384. The van der Waals surface area contributed by atoms with Crippen LogP contribution in [-0.4, -0.2) is 17.4 Å². The second-order valence-corrected chi connectivity index (χ2v) is 3.88. The molecule has 2 rings (SSSR count). The van der Waals surface area contributed by atoms with E-state index < -0.39 is 4.92 Å². The smallest absolute Gasteiger partial charge is 0.269 e. The molecule has 1 aromatic carbocycles. The van der Waals surface area contributed by atoms with Crippen LogP contribution in [0.1, 0.15) is 18.4 Å². The molecule has 1 saturated heterocycles. The zero-order valence-electron chi connectivity index (χ0n) is 9.18. The van der Waals surface area contributed by atoms with Gasteiger partial charge in [0.15, 0.2) is 0 Å². The number of non-ortho nitro benzene ring substituents is 1. The van der Waals surface area contributed by atoms with Crippen molar-refractivity contribution in [2.24, 2.45) is 0 Å². The zero-order valence-corrected chi connectivity index (χ0v) is 9.18. The summed E-state index contributed by atoms with van der Waals surface area (Å²) < 4.78 is 0. The number of hydrogen-bond acceptors (Lipinski definition) is 3. The Hall–Kier alpha value is -2.17. The van der Waals surface area contributed by atoms with Crippen LogP contribution in [-0.2, 0) is 4.79 Å². The number of nitro groups is 1. The molecule has 1 fully saturated rings. The summed E-state index contributed by atoms with van der Waals surface area (Å²) >= 11 is 0. The highest BCUT2D eigenvalue weighted by Crippen LogP contribution is 2.17. The highest BCUT2D eigenvalue weighted by Gasteiger charge is 2.13. The summed E-state index contributed by atoms with van der Waals surface area (Å²) in [6, 6.07) is 6.17. The maximum Gasteiger partial charge on any atom is 0.269 e. The summed E-state index contributed by atoms with van der Waals surface area (Å²) in [5.41, 5.74) is 1.59. The SMILES string of the molecule is O=C1NCCC/C1=C\c1ccc([N+](=O)[O-])cc1. The summed E-state index contributed by atoms with van der Waals surface area (Å²) in [5.74, 6) is -0.0467. The second-order valence-electron chi connectivity index (χ2n) is 3.88. The van der Waals surface area contributed by atoms with Crippen LogP contribution >= 0.6 is 0 Å². The summed E-state index contributed by atoms with van der Waals surface area (Å²) in [7, 11) is 0. The molecule has 17 heavy (non-hydrogen) atoms. The quantitative estimate of drug-likeness (QED) is 0.480. The molecule has 5 heteroatoms. The molecule has 0 bridgehead atoms. The number of benzene rings is 1. The van der Waals surface area contributed by atoms with Crippen LogP contribution < -0.4 is 5.32 Å². The van der Waals surface area contributed by atoms with E-state index in [1.54, 1.807) is 18.2 Å². The van der Waals surface area contributed by atoms with E-state index in [4.69, 9.17) is 0 Å². The Balaban J connectivity index is 2.20. The number of carbonyl (C=O) groups excluding carboxylic acids is 1. The Morgan fingerprint density at radius 2 is 2.00 bits per heavy atom. The molecule has 5 nitrogen and oxygen atoms in total. The molecule has 0 spiro atoms. The number of rotatable bonds is 2. The van der Waals surface area contributed by atoms with Crippen LogP contribution in [0.3, 0.4) is 0 Å². The molecule has 1 aromatic rings. The Labute approximate surface area is 98.3 Å². The Bertz CT molecular complexity index is 477. The van der Waals surface area contributed by atoms with Crippen molar-refractivity contribution < 1.29 is 9.72 Å². The number of carbonyl (C=O) groups is 1. The molecule has 1 N–H and O–H groups in total. The van der Waals surface area contributed by atoms with Gasteiger partial charge in [0.2, 0.25) is 5.91 Å². The summed E-state index contributed by atoms with van der Waals surface area (Å²) in [5, 5.41) is 13.2. The molecule has 0 atom stereocenters. The Morgan fingerprint density at radius 3 is 2.59 bits per heavy atom. The number of hydrogen-bond donors (Lipinski definition) is 1. The number of nitrogens with zero attached hydrogens (tertiary/aromatic N) is 1. The van der Waals surface area contributed by atoms with Crippen molar-refractivity contribution >= 4 is 17.7 Å². The number of nitrogens with one attached hydrogen (secondary N) is 1. The van der Waals surface area contributed by atoms with Gasteiger partial charge in [0, 0.05) is 24.3 Å². The average Bonchev–Trinajstić information content (AvgIpc) is 2.33. The fourth-order valence-corrected chi connectivity index (χ4v) is 1.74. The van der Waals surface area contributed by atoms with Gasteiger partial charge in [-0.05, 0) is 36.6 Å². The van der Waals surface area contributed by atoms with Crippen LogP contribution in [0.5, 0.6) is 0 Å². The van der Waals surface area contributed by atoms with E-state index >= 15 is 0 Å². The summed E-state index contributed by atoms with van der Waals surface area (Å²) in [4.78, 5) is 21.5. The van der Waals surface area contributed by atoms with Gasteiger partial charge in [0.1, 0.15) is 0 Å². The Morgan fingerprint density at radius 1 is 1.29 bits per heavy atom. The maximum atomic E-state index is 11.5. The van der Waals surface area contributed by atoms with E-state index in [0.29, 0.717) is 0 Å². The molecule has 0 aliphatic carbocycles. The van der Waals surface area contributed by atoms with E-state index in [2.05, 4.69) is 5.32 Å². The van der Waals surface area contributed by atoms with Crippen LogP contribution in [0.2, 0.25) is 0 Å². The zero-order chi connectivity index (χ0) is 12.3. The molecule has 0 radical (unpaired) electrons. The van der Waals surface area contributed by atoms with Crippen LogP contribution in [0.15, 0.2) is 29.8 Å². The van der Waals surface area contributed by atoms with Gasteiger partial charge in [-0.15, -0.1) is 0 Å². The fraction of sp³-hybridized carbons (Fsp3) is 0.250. The van der Waals surface area contributed by atoms with E-state index in [1.165, 1.54) is 12.1 Å². The average molecular weight is 232 g/mol. The third kappa shape index (κ3) is 2.69. The third-order valence-electron chi connectivity index (χ3n) is 2.64. The largest absolute Gasteiger partial charge is 0.352 e. The van der Waals surface area contributed by atoms with Gasteiger partial charge >= 0.3 is 0 Å². The molecule has 1 aliphatic rings. The van der Waals surface area contributed by atoms with Gasteiger partial charge < -0.3 is 5.32 Å². The second kappa shape index (κ2) is 4.78. The van der Waals surface area contributed by atoms with E-state index in [-0.39, 0.29) is 11.6 Å². The first-order valence-electron chi connectivity index (χ1n) is 5.40. The molecule has 0 aromatic heterocycles. The number of nitro benzene ring substituents is 1. The minimum atomic E-state index is -0.440. The standard InChI is InChI=1S/C12H12N2O3/c15-12-10(2-1-7-13-12)8-9-3-5-11(6-4-9)14(16)17/h3-6,8H,1-2,7H2,(H,13,15)/b10-8+. The van der Waals surface area contributed by atoms with Crippen LogP contribution in [0.4, 0.5) is 5.69 Å². The molecular formula is C12H12N2O3. The first kappa shape index (κ1) is 11.3. The van der Waals surface area contributed by atoms with Crippen molar-refractivity contribution in [2.75, 3.05) is 6.54 Å². The van der Waals surface area contributed by atoms with Gasteiger partial charge in [0.25, 0.3) is 5.69 Å². The molecule has 0 unspecified atom stereocenters. The summed E-state index contributed by atoms with van der Waals surface area (Å²) in [6.07, 6.45) is 3.46. The van der Waals surface area contributed by atoms with E-state index in [9.17, 15) is 14.9 Å².